The van der Waals surface area contributed by atoms with Crippen molar-refractivity contribution in [1.29, 1.82) is 0 Å². The Balaban J connectivity index is 4.39. The van der Waals surface area contributed by atoms with Gasteiger partial charge >= 0.3 is 6.80 Å². The zero-order chi connectivity index (χ0) is 12.8. The molecule has 0 aromatic heterocycles. The molecule has 1 unspecified atom stereocenters. The summed E-state index contributed by atoms with van der Waals surface area (Å²) in [5.74, 6) is 0.899. The first kappa shape index (κ1) is 17.2. The van der Waals surface area contributed by atoms with Gasteiger partial charge in [0.2, 0.25) is 0 Å². The third kappa shape index (κ3) is 6.81. The topological polar surface area (TPSA) is 35.5 Å². The van der Waals surface area contributed by atoms with E-state index in [1.54, 1.807) is 0 Å². The highest BCUT2D eigenvalue weighted by Crippen LogP contribution is 2.74. The van der Waals surface area contributed by atoms with Crippen molar-refractivity contribution in [3.8, 4) is 0 Å². The fourth-order valence-corrected chi connectivity index (χ4v) is 8.32. The minimum absolute atomic E-state index is 0.448. The van der Waals surface area contributed by atoms with Gasteiger partial charge in [-0.2, -0.15) is 0 Å². The molecule has 0 radical (unpaired) electrons. The van der Waals surface area contributed by atoms with Gasteiger partial charge in [-0.1, -0.05) is 7.69 Å². The van der Waals surface area contributed by atoms with E-state index in [2.05, 4.69) is 42.3 Å². The van der Waals surface area contributed by atoms with E-state index in [-0.39, 0.29) is 0 Å². The molecule has 16 heavy (non-hydrogen) atoms. The quantitative estimate of drug-likeness (QED) is 0.302. The summed E-state index contributed by atoms with van der Waals surface area (Å²) in [6, 6.07) is 0. The Morgan fingerprint density at radius 1 is 1.19 bits per heavy atom. The molecule has 0 aromatic rings. The van der Waals surface area contributed by atoms with Gasteiger partial charge in [0, 0.05) is 5.75 Å². The van der Waals surface area contributed by atoms with Crippen molar-refractivity contribution < 1.29 is 18.1 Å². The molecule has 4 nitrogen and oxygen atoms in total. The van der Waals surface area contributed by atoms with Crippen LogP contribution in [-0.2, 0) is 13.6 Å². The van der Waals surface area contributed by atoms with Crippen LogP contribution in [0.5, 0.6) is 0 Å². The summed E-state index contributed by atoms with van der Waals surface area (Å²) < 4.78 is 24.0. The second kappa shape index (κ2) is 7.59. The van der Waals surface area contributed by atoms with Crippen molar-refractivity contribution in [2.45, 2.75) is 13.8 Å². The van der Waals surface area contributed by atoms with Gasteiger partial charge in [0.05, 0.1) is 40.9 Å². The second-order valence-electron chi connectivity index (χ2n) is 4.38. The van der Waals surface area contributed by atoms with Gasteiger partial charge in [-0.25, -0.2) is 4.57 Å². The maximum absolute atomic E-state index is 12.4. The predicted molar refractivity (Wildman–Crippen MR) is 81.6 cm³/mol. The van der Waals surface area contributed by atoms with E-state index in [1.807, 2.05) is 13.8 Å². The van der Waals surface area contributed by atoms with Crippen LogP contribution in [0, 0.1) is 0 Å². The molecule has 0 bridgehead atoms. The molecular weight excluding hydrogens is 360 g/mol. The van der Waals surface area contributed by atoms with Crippen LogP contribution in [0.1, 0.15) is 13.8 Å². The van der Waals surface area contributed by atoms with Crippen molar-refractivity contribution in [2.75, 3.05) is 46.7 Å². The molecule has 0 aliphatic rings. The first-order valence-electron chi connectivity index (χ1n) is 5.38. The largest absolute Gasteiger partial charge is 0.378 e. The third-order valence-corrected chi connectivity index (χ3v) is 13.2. The average Bonchev–Trinajstić information content (AvgIpc) is 2.13. The van der Waals surface area contributed by atoms with Crippen LogP contribution in [0.15, 0.2) is 0 Å². The summed E-state index contributed by atoms with van der Waals surface area (Å²) in [6.07, 6.45) is 0. The van der Waals surface area contributed by atoms with Crippen LogP contribution < -0.4 is 0 Å². The molecule has 0 aromatic carbocycles. The Labute approximate surface area is 114 Å². The smallest absolute Gasteiger partial charge is 0.330 e. The number of quaternary nitrogens is 1. The molecule has 0 saturated carbocycles. The van der Waals surface area contributed by atoms with E-state index in [1.165, 1.54) is 0 Å². The second-order valence-corrected chi connectivity index (χ2v) is 15.7. The third-order valence-electron chi connectivity index (χ3n) is 1.81. The van der Waals surface area contributed by atoms with Gasteiger partial charge in [0.15, 0.2) is 0 Å². The highest BCUT2D eigenvalue weighted by atomic mass is 127. The highest BCUT2D eigenvalue weighted by Gasteiger charge is 2.31. The van der Waals surface area contributed by atoms with Crippen LogP contribution >= 0.6 is 35.7 Å². The zero-order valence-corrected chi connectivity index (χ0v) is 14.7. The minimum Gasteiger partial charge on any atom is -0.330 e. The molecule has 0 amide bonds. The molecule has 0 aliphatic carbocycles. The van der Waals surface area contributed by atoms with E-state index < -0.39 is 14.5 Å². The molecule has 0 spiro atoms. The standard InChI is InChI=1S/C9H24INO3PS/c1-6-13-15(12,14-7-2)16(10)9-8-11(3,4)5/h16H,6-9H2,1-5H3/q+1. The van der Waals surface area contributed by atoms with Gasteiger partial charge in [0.25, 0.3) is 0 Å². The summed E-state index contributed by atoms with van der Waals surface area (Å²) in [5, 5.41) is 0. The van der Waals surface area contributed by atoms with E-state index in [0.717, 1.165) is 16.8 Å². The van der Waals surface area contributed by atoms with E-state index in [9.17, 15) is 4.57 Å². The summed E-state index contributed by atoms with van der Waals surface area (Å²) >= 11 is 2.25. The van der Waals surface area contributed by atoms with Crippen molar-refractivity contribution in [2.24, 2.45) is 0 Å². The Morgan fingerprint density at radius 3 is 1.94 bits per heavy atom. The number of hydrogen-bond donors (Lipinski definition) is 1. The van der Waals surface area contributed by atoms with Crippen molar-refractivity contribution in [3.05, 3.63) is 0 Å². The average molecular weight is 384 g/mol. The normalized spacial score (nSPS) is 16.2. The molecule has 0 rings (SSSR count). The van der Waals surface area contributed by atoms with Gasteiger partial charge in [0.1, 0.15) is 0 Å². The molecule has 0 N–H and O–H groups in total. The first-order chi connectivity index (χ1) is 7.25. The van der Waals surface area contributed by atoms with Crippen molar-refractivity contribution in [3.63, 3.8) is 0 Å². The van der Waals surface area contributed by atoms with Gasteiger partial charge in [-0.05, 0) is 35.1 Å². The zero-order valence-electron chi connectivity index (χ0n) is 10.8. The Bertz CT molecular complexity index is 237. The molecule has 0 saturated heterocycles. The lowest BCUT2D eigenvalue weighted by Gasteiger charge is -2.29. The summed E-state index contributed by atoms with van der Waals surface area (Å²) in [4.78, 5) is 0. The molecular formula is C9H24INO3PS+. The fraction of sp³-hybridized carbons (Fsp3) is 1.00. The minimum atomic E-state index is -2.85. The summed E-state index contributed by atoms with van der Waals surface area (Å²) in [5.41, 5.74) is 0. The van der Waals surface area contributed by atoms with Crippen molar-refractivity contribution >= 4 is 35.7 Å². The van der Waals surface area contributed by atoms with E-state index in [0.29, 0.717) is 13.2 Å². The van der Waals surface area contributed by atoms with Crippen LogP contribution in [0.4, 0.5) is 0 Å². The highest BCUT2D eigenvalue weighted by molar-refractivity contribution is 14.2. The Kier molecular flexibility index (Phi) is 8.15. The molecule has 7 heteroatoms. The van der Waals surface area contributed by atoms with Gasteiger partial charge in [-0.15, -0.1) is 0 Å². The van der Waals surface area contributed by atoms with Crippen LogP contribution in [-0.4, -0.2) is 51.1 Å². The van der Waals surface area contributed by atoms with Crippen molar-refractivity contribution in [1.82, 2.24) is 0 Å². The number of rotatable bonds is 8. The van der Waals surface area contributed by atoms with E-state index in [4.69, 9.17) is 9.05 Å². The fourth-order valence-electron chi connectivity index (χ4n) is 0.994. The Morgan fingerprint density at radius 2 is 1.62 bits per heavy atom. The predicted octanol–water partition coefficient (Wildman–Crippen LogP) is 3.22. The lowest BCUT2D eigenvalue weighted by Crippen LogP contribution is -2.36. The number of halogens is 1. The maximum Gasteiger partial charge on any atom is 0.378 e. The van der Waals surface area contributed by atoms with Crippen LogP contribution in [0.25, 0.3) is 0 Å². The lowest BCUT2D eigenvalue weighted by molar-refractivity contribution is -0.867. The summed E-state index contributed by atoms with van der Waals surface area (Å²) in [7, 11) is 5.66. The maximum atomic E-state index is 12.4. The molecule has 100 valence electrons. The first-order valence-corrected chi connectivity index (χ1v) is 11.9. The lowest BCUT2D eigenvalue weighted by atomic mass is 10.6. The monoisotopic (exact) mass is 384 g/mol. The number of nitrogens with zero attached hydrogens (tertiary/aromatic N) is 1. The van der Waals surface area contributed by atoms with Crippen LogP contribution in [0.3, 0.4) is 0 Å². The van der Waals surface area contributed by atoms with Gasteiger partial charge < -0.3 is 13.5 Å². The Hall–Kier alpha value is 1.19. The molecule has 0 aliphatic heterocycles. The summed E-state index contributed by atoms with van der Waals surface area (Å²) in [6.45, 7) is 2.73. The molecule has 0 fully saturated rings. The van der Waals surface area contributed by atoms with E-state index >= 15 is 0 Å². The number of thiol groups is 1. The molecule has 1 atom stereocenters. The molecule has 0 heterocycles. The number of hydrogen-bond acceptors (Lipinski definition) is 3. The van der Waals surface area contributed by atoms with Crippen LogP contribution in [0.2, 0.25) is 0 Å². The SMILES string of the molecule is CCOP(=O)(OCC)[SH](I)CC[N+](C)(C)C. The van der Waals surface area contributed by atoms with Gasteiger partial charge in [-0.3, -0.25) is 0 Å².